The Kier molecular flexibility index (Phi) is 6.44. The standard InChI is InChI=1S/C16H26N4O/c1-2-3-6-10-17-15(21)14-9-11-18-16(19-14)20-12-7-4-5-8-13-20/h9,11H,2-8,10,12-13H2,1H3,(H,17,21). The molecule has 0 radical (unpaired) electrons. The molecular weight excluding hydrogens is 264 g/mol. The van der Waals surface area contributed by atoms with Gasteiger partial charge in [-0.3, -0.25) is 4.79 Å². The summed E-state index contributed by atoms with van der Waals surface area (Å²) in [5.74, 6) is 0.600. The fraction of sp³-hybridized carbons (Fsp3) is 0.688. The molecule has 1 aliphatic rings. The van der Waals surface area contributed by atoms with E-state index < -0.39 is 0 Å². The second kappa shape index (κ2) is 8.60. The van der Waals surface area contributed by atoms with E-state index in [1.165, 1.54) is 25.7 Å². The van der Waals surface area contributed by atoms with Crippen LogP contribution in [0.3, 0.4) is 0 Å². The van der Waals surface area contributed by atoms with Crippen LogP contribution in [-0.4, -0.2) is 35.5 Å². The monoisotopic (exact) mass is 290 g/mol. The zero-order valence-corrected chi connectivity index (χ0v) is 13.0. The fourth-order valence-electron chi connectivity index (χ4n) is 2.57. The van der Waals surface area contributed by atoms with Gasteiger partial charge >= 0.3 is 0 Å². The van der Waals surface area contributed by atoms with Crippen molar-refractivity contribution >= 4 is 11.9 Å². The highest BCUT2D eigenvalue weighted by atomic mass is 16.1. The van der Waals surface area contributed by atoms with Gasteiger partial charge in [0.1, 0.15) is 5.69 Å². The maximum Gasteiger partial charge on any atom is 0.270 e. The molecule has 0 saturated carbocycles. The van der Waals surface area contributed by atoms with E-state index in [1.807, 2.05) is 0 Å². The molecule has 5 heteroatoms. The SMILES string of the molecule is CCCCCNC(=O)c1ccnc(N2CCCCCC2)n1. The molecule has 1 aliphatic heterocycles. The first-order valence-electron chi connectivity index (χ1n) is 8.17. The zero-order chi connectivity index (χ0) is 14.9. The van der Waals surface area contributed by atoms with Crippen molar-refractivity contribution in [3.63, 3.8) is 0 Å². The third kappa shape index (κ3) is 4.99. The van der Waals surface area contributed by atoms with Crippen LogP contribution in [0.1, 0.15) is 62.4 Å². The number of carbonyl (C=O) groups excluding carboxylic acids is 1. The largest absolute Gasteiger partial charge is 0.351 e. The van der Waals surface area contributed by atoms with Gasteiger partial charge in [0.25, 0.3) is 5.91 Å². The van der Waals surface area contributed by atoms with Crippen LogP contribution < -0.4 is 10.2 Å². The lowest BCUT2D eigenvalue weighted by molar-refractivity contribution is 0.0948. The van der Waals surface area contributed by atoms with Crippen LogP contribution in [0.25, 0.3) is 0 Å². The maximum absolute atomic E-state index is 12.1. The Bertz CT molecular complexity index is 442. The number of rotatable bonds is 6. The molecule has 5 nitrogen and oxygen atoms in total. The predicted octanol–water partition coefficient (Wildman–Crippen LogP) is 2.78. The summed E-state index contributed by atoms with van der Waals surface area (Å²) in [4.78, 5) is 23.1. The van der Waals surface area contributed by atoms with E-state index in [0.29, 0.717) is 11.6 Å². The summed E-state index contributed by atoms with van der Waals surface area (Å²) in [5, 5.41) is 2.93. The lowest BCUT2D eigenvalue weighted by atomic mass is 10.2. The Labute approximate surface area is 127 Å². The molecule has 0 aliphatic carbocycles. The lowest BCUT2D eigenvalue weighted by Gasteiger charge is -2.20. The summed E-state index contributed by atoms with van der Waals surface area (Å²) < 4.78 is 0. The van der Waals surface area contributed by atoms with Crippen molar-refractivity contribution in [2.24, 2.45) is 0 Å². The average Bonchev–Trinajstić information content (AvgIpc) is 2.81. The number of nitrogens with zero attached hydrogens (tertiary/aromatic N) is 3. The number of anilines is 1. The van der Waals surface area contributed by atoms with E-state index in [4.69, 9.17) is 0 Å². The van der Waals surface area contributed by atoms with Crippen molar-refractivity contribution in [1.82, 2.24) is 15.3 Å². The van der Waals surface area contributed by atoms with E-state index in [1.54, 1.807) is 12.3 Å². The minimum atomic E-state index is -0.0930. The third-order valence-electron chi connectivity index (χ3n) is 3.83. The van der Waals surface area contributed by atoms with E-state index >= 15 is 0 Å². The van der Waals surface area contributed by atoms with Gasteiger partial charge in [0.15, 0.2) is 0 Å². The number of carbonyl (C=O) groups is 1. The third-order valence-corrected chi connectivity index (χ3v) is 3.83. The topological polar surface area (TPSA) is 58.1 Å². The fourth-order valence-corrected chi connectivity index (χ4v) is 2.57. The molecule has 2 heterocycles. The molecule has 21 heavy (non-hydrogen) atoms. The molecule has 1 aromatic rings. The molecule has 2 rings (SSSR count). The molecule has 0 spiro atoms. The summed E-state index contributed by atoms with van der Waals surface area (Å²) in [6, 6.07) is 1.69. The van der Waals surface area contributed by atoms with Gasteiger partial charge in [-0.05, 0) is 25.3 Å². The maximum atomic E-state index is 12.1. The molecule has 116 valence electrons. The Morgan fingerprint density at radius 2 is 2.00 bits per heavy atom. The van der Waals surface area contributed by atoms with Gasteiger partial charge in [-0.25, -0.2) is 9.97 Å². The first-order valence-corrected chi connectivity index (χ1v) is 8.17. The van der Waals surface area contributed by atoms with E-state index in [0.717, 1.165) is 38.9 Å². The Morgan fingerprint density at radius 3 is 2.71 bits per heavy atom. The summed E-state index contributed by atoms with van der Waals surface area (Å²) in [7, 11) is 0. The number of hydrogen-bond donors (Lipinski definition) is 1. The summed E-state index contributed by atoms with van der Waals surface area (Å²) in [6.45, 7) is 4.85. The van der Waals surface area contributed by atoms with E-state index in [9.17, 15) is 4.79 Å². The molecule has 1 saturated heterocycles. The van der Waals surface area contributed by atoms with Gasteiger partial charge in [0.2, 0.25) is 5.95 Å². The van der Waals surface area contributed by atoms with Gasteiger partial charge in [-0.1, -0.05) is 32.6 Å². The molecule has 0 bridgehead atoms. The molecule has 1 fully saturated rings. The first-order chi connectivity index (χ1) is 10.3. The molecular formula is C16H26N4O. The van der Waals surface area contributed by atoms with Gasteiger partial charge in [0.05, 0.1) is 0 Å². The predicted molar refractivity (Wildman–Crippen MR) is 84.6 cm³/mol. The molecule has 0 aromatic carbocycles. The molecule has 1 N–H and O–H groups in total. The van der Waals surface area contributed by atoms with Gasteiger partial charge in [-0.2, -0.15) is 0 Å². The van der Waals surface area contributed by atoms with Gasteiger partial charge in [0, 0.05) is 25.8 Å². The number of aromatic nitrogens is 2. The van der Waals surface area contributed by atoms with Crippen molar-refractivity contribution in [2.75, 3.05) is 24.5 Å². The normalized spacial score (nSPS) is 15.6. The van der Waals surface area contributed by atoms with Crippen LogP contribution >= 0.6 is 0 Å². The van der Waals surface area contributed by atoms with Crippen LogP contribution in [0.2, 0.25) is 0 Å². The first kappa shape index (κ1) is 15.7. The van der Waals surface area contributed by atoms with Gasteiger partial charge in [-0.15, -0.1) is 0 Å². The van der Waals surface area contributed by atoms with Crippen LogP contribution in [-0.2, 0) is 0 Å². The summed E-state index contributed by atoms with van der Waals surface area (Å²) in [6.07, 6.45) is 9.90. The number of amides is 1. The quantitative estimate of drug-likeness (QED) is 0.818. The van der Waals surface area contributed by atoms with Crippen LogP contribution in [0.15, 0.2) is 12.3 Å². The smallest absolute Gasteiger partial charge is 0.270 e. The molecule has 0 unspecified atom stereocenters. The van der Waals surface area contributed by atoms with E-state index in [-0.39, 0.29) is 5.91 Å². The second-order valence-corrected chi connectivity index (χ2v) is 5.61. The Morgan fingerprint density at radius 1 is 1.24 bits per heavy atom. The van der Waals surface area contributed by atoms with Crippen molar-refractivity contribution in [3.8, 4) is 0 Å². The van der Waals surface area contributed by atoms with Crippen molar-refractivity contribution in [3.05, 3.63) is 18.0 Å². The highest BCUT2D eigenvalue weighted by Gasteiger charge is 2.14. The average molecular weight is 290 g/mol. The minimum absolute atomic E-state index is 0.0930. The summed E-state index contributed by atoms with van der Waals surface area (Å²) in [5.41, 5.74) is 0.473. The lowest BCUT2D eigenvalue weighted by Crippen LogP contribution is -2.29. The molecule has 0 atom stereocenters. The molecule has 1 aromatic heterocycles. The van der Waals surface area contributed by atoms with Crippen LogP contribution in [0.5, 0.6) is 0 Å². The van der Waals surface area contributed by atoms with Gasteiger partial charge < -0.3 is 10.2 Å². The zero-order valence-electron chi connectivity index (χ0n) is 13.0. The van der Waals surface area contributed by atoms with Crippen molar-refractivity contribution < 1.29 is 4.79 Å². The number of unbranched alkanes of at least 4 members (excludes halogenated alkanes) is 2. The summed E-state index contributed by atoms with van der Waals surface area (Å²) >= 11 is 0. The Balaban J connectivity index is 1.94. The van der Waals surface area contributed by atoms with Crippen LogP contribution in [0.4, 0.5) is 5.95 Å². The highest BCUT2D eigenvalue weighted by molar-refractivity contribution is 5.92. The second-order valence-electron chi connectivity index (χ2n) is 5.61. The number of nitrogens with one attached hydrogen (secondary N) is 1. The minimum Gasteiger partial charge on any atom is -0.351 e. The van der Waals surface area contributed by atoms with Crippen molar-refractivity contribution in [1.29, 1.82) is 0 Å². The van der Waals surface area contributed by atoms with Crippen LogP contribution in [0, 0.1) is 0 Å². The number of hydrogen-bond acceptors (Lipinski definition) is 4. The molecule has 1 amide bonds. The van der Waals surface area contributed by atoms with E-state index in [2.05, 4.69) is 27.1 Å². The van der Waals surface area contributed by atoms with Crippen molar-refractivity contribution in [2.45, 2.75) is 51.9 Å². The highest BCUT2D eigenvalue weighted by Crippen LogP contribution is 2.15. The Hall–Kier alpha value is -1.65.